The van der Waals surface area contributed by atoms with Crippen LogP contribution in [0.4, 0.5) is 0 Å². The molecule has 0 aliphatic carbocycles. The second kappa shape index (κ2) is 5.80. The van der Waals surface area contributed by atoms with Gasteiger partial charge in [-0.2, -0.15) is 0 Å². The zero-order chi connectivity index (χ0) is 13.2. The number of ether oxygens (including phenoxy) is 1. The lowest BCUT2D eigenvalue weighted by atomic mass is 9.87. The Morgan fingerprint density at radius 2 is 1.89 bits per heavy atom. The van der Waals surface area contributed by atoms with E-state index in [4.69, 9.17) is 9.84 Å². The summed E-state index contributed by atoms with van der Waals surface area (Å²) in [5.41, 5.74) is 0. The largest absolute Gasteiger partial charge is 0.481 e. The van der Waals surface area contributed by atoms with Gasteiger partial charge >= 0.3 is 5.97 Å². The van der Waals surface area contributed by atoms with Gasteiger partial charge in [0.05, 0.1) is 6.61 Å². The molecule has 3 unspecified atom stereocenters. The summed E-state index contributed by atoms with van der Waals surface area (Å²) < 4.78 is 5.58. The monoisotopic (exact) mass is 267 g/mol. The Bertz CT molecular complexity index is 313. The first-order valence-electron chi connectivity index (χ1n) is 7.77. The summed E-state index contributed by atoms with van der Waals surface area (Å²) >= 11 is 0. The number of carbonyl (C=O) groups is 1. The molecular formula is C15H25NO3. The summed E-state index contributed by atoms with van der Waals surface area (Å²) in [6.07, 6.45) is 7.60. The average molecular weight is 267 g/mol. The summed E-state index contributed by atoms with van der Waals surface area (Å²) in [6.45, 7) is 3.04. The van der Waals surface area contributed by atoms with Gasteiger partial charge in [0.25, 0.3) is 0 Å². The molecule has 0 amide bonds. The average Bonchev–Trinajstić information content (AvgIpc) is 2.62. The standard InChI is InChI=1S/C15H25NO3/c17-15(18)8-12-6-13-3-4-14(7-12)16(13)9-11-2-1-5-19-10-11/h11-14H,1-10H2,(H,17,18). The summed E-state index contributed by atoms with van der Waals surface area (Å²) in [6, 6.07) is 1.29. The van der Waals surface area contributed by atoms with E-state index in [9.17, 15) is 4.79 Å². The molecule has 3 atom stereocenters. The molecule has 108 valence electrons. The van der Waals surface area contributed by atoms with E-state index < -0.39 is 5.97 Å². The van der Waals surface area contributed by atoms with Crippen LogP contribution >= 0.6 is 0 Å². The number of nitrogens with zero attached hydrogens (tertiary/aromatic N) is 1. The second-order valence-electron chi connectivity index (χ2n) is 6.60. The summed E-state index contributed by atoms with van der Waals surface area (Å²) in [7, 11) is 0. The second-order valence-corrected chi connectivity index (χ2v) is 6.60. The molecule has 2 bridgehead atoms. The summed E-state index contributed by atoms with van der Waals surface area (Å²) in [4.78, 5) is 13.5. The van der Waals surface area contributed by atoms with Crippen LogP contribution < -0.4 is 0 Å². The molecule has 3 saturated heterocycles. The van der Waals surface area contributed by atoms with Crippen LogP contribution in [0.15, 0.2) is 0 Å². The van der Waals surface area contributed by atoms with E-state index in [1.54, 1.807) is 0 Å². The van der Waals surface area contributed by atoms with E-state index in [-0.39, 0.29) is 0 Å². The quantitative estimate of drug-likeness (QED) is 0.847. The molecule has 4 heteroatoms. The van der Waals surface area contributed by atoms with E-state index >= 15 is 0 Å². The minimum atomic E-state index is -0.626. The highest BCUT2D eigenvalue weighted by atomic mass is 16.5. The van der Waals surface area contributed by atoms with Crippen molar-refractivity contribution in [2.45, 2.75) is 57.0 Å². The minimum absolute atomic E-state index is 0.368. The molecule has 3 aliphatic rings. The number of carboxylic acid groups (broad SMARTS) is 1. The first-order chi connectivity index (χ1) is 9.22. The van der Waals surface area contributed by atoms with Gasteiger partial charge in [-0.25, -0.2) is 0 Å². The highest BCUT2D eigenvalue weighted by molar-refractivity contribution is 5.67. The zero-order valence-corrected chi connectivity index (χ0v) is 11.6. The predicted molar refractivity (Wildman–Crippen MR) is 72.0 cm³/mol. The Morgan fingerprint density at radius 1 is 1.16 bits per heavy atom. The van der Waals surface area contributed by atoms with Crippen molar-refractivity contribution in [3.63, 3.8) is 0 Å². The predicted octanol–water partition coefficient (Wildman–Crippen LogP) is 2.13. The molecule has 3 rings (SSSR count). The molecule has 0 aromatic heterocycles. The Morgan fingerprint density at radius 3 is 2.47 bits per heavy atom. The SMILES string of the molecule is O=C(O)CC1CC2CCC(C1)N2CC1CCCOC1. The highest BCUT2D eigenvalue weighted by Gasteiger charge is 2.41. The number of rotatable bonds is 4. The third kappa shape index (κ3) is 3.11. The minimum Gasteiger partial charge on any atom is -0.481 e. The molecule has 3 heterocycles. The van der Waals surface area contributed by atoms with Gasteiger partial charge in [0.1, 0.15) is 0 Å². The fraction of sp³-hybridized carbons (Fsp3) is 0.933. The van der Waals surface area contributed by atoms with E-state index in [0.29, 0.717) is 30.3 Å². The molecule has 0 aromatic carbocycles. The zero-order valence-electron chi connectivity index (χ0n) is 11.6. The highest BCUT2D eigenvalue weighted by Crippen LogP contribution is 2.40. The van der Waals surface area contributed by atoms with Gasteiger partial charge in [0, 0.05) is 31.7 Å². The van der Waals surface area contributed by atoms with Gasteiger partial charge in [0.15, 0.2) is 0 Å². The smallest absolute Gasteiger partial charge is 0.303 e. The molecule has 0 spiro atoms. The fourth-order valence-electron chi connectivity index (χ4n) is 4.35. The molecule has 1 N–H and O–H groups in total. The third-order valence-corrected chi connectivity index (χ3v) is 5.17. The first-order valence-corrected chi connectivity index (χ1v) is 7.77. The number of aliphatic carboxylic acids is 1. The molecule has 0 radical (unpaired) electrons. The van der Waals surface area contributed by atoms with Crippen molar-refractivity contribution in [3.8, 4) is 0 Å². The van der Waals surface area contributed by atoms with Gasteiger partial charge in [-0.05, 0) is 50.4 Å². The maximum atomic E-state index is 10.9. The van der Waals surface area contributed by atoms with Gasteiger partial charge in [-0.15, -0.1) is 0 Å². The molecule has 3 fully saturated rings. The Labute approximate surface area is 115 Å². The number of piperidine rings is 1. The lowest BCUT2D eigenvalue weighted by molar-refractivity contribution is -0.138. The van der Waals surface area contributed by atoms with Crippen molar-refractivity contribution in [1.29, 1.82) is 0 Å². The van der Waals surface area contributed by atoms with Crippen molar-refractivity contribution in [3.05, 3.63) is 0 Å². The van der Waals surface area contributed by atoms with E-state index in [1.807, 2.05) is 0 Å². The molecule has 19 heavy (non-hydrogen) atoms. The van der Waals surface area contributed by atoms with E-state index in [2.05, 4.69) is 4.90 Å². The maximum absolute atomic E-state index is 10.9. The normalized spacial score (nSPS) is 39.4. The summed E-state index contributed by atoms with van der Waals surface area (Å²) in [5, 5.41) is 8.96. The van der Waals surface area contributed by atoms with Crippen LogP contribution in [0.3, 0.4) is 0 Å². The van der Waals surface area contributed by atoms with Gasteiger partial charge in [-0.3, -0.25) is 9.69 Å². The summed E-state index contributed by atoms with van der Waals surface area (Å²) in [5.74, 6) is 0.486. The lowest BCUT2D eigenvalue weighted by Gasteiger charge is -2.41. The number of hydrogen-bond donors (Lipinski definition) is 1. The molecule has 3 aliphatic heterocycles. The molecular weight excluding hydrogens is 242 g/mol. The van der Waals surface area contributed by atoms with Crippen LogP contribution in [0.2, 0.25) is 0 Å². The Hall–Kier alpha value is -0.610. The van der Waals surface area contributed by atoms with Gasteiger partial charge < -0.3 is 9.84 Å². The van der Waals surface area contributed by atoms with E-state index in [1.165, 1.54) is 32.2 Å². The van der Waals surface area contributed by atoms with E-state index in [0.717, 1.165) is 26.1 Å². The third-order valence-electron chi connectivity index (χ3n) is 5.17. The van der Waals surface area contributed by atoms with Crippen LogP contribution in [0, 0.1) is 11.8 Å². The van der Waals surface area contributed by atoms with Crippen molar-refractivity contribution >= 4 is 5.97 Å². The molecule has 0 saturated carbocycles. The topological polar surface area (TPSA) is 49.8 Å². The van der Waals surface area contributed by atoms with Crippen LogP contribution in [0.1, 0.15) is 44.9 Å². The van der Waals surface area contributed by atoms with Crippen LogP contribution in [-0.2, 0) is 9.53 Å². The number of hydrogen-bond acceptors (Lipinski definition) is 3. The van der Waals surface area contributed by atoms with Crippen molar-refractivity contribution in [2.24, 2.45) is 11.8 Å². The van der Waals surface area contributed by atoms with Crippen LogP contribution in [-0.4, -0.2) is 47.8 Å². The van der Waals surface area contributed by atoms with Crippen molar-refractivity contribution < 1.29 is 14.6 Å². The fourth-order valence-corrected chi connectivity index (χ4v) is 4.35. The Balaban J connectivity index is 1.55. The van der Waals surface area contributed by atoms with Crippen molar-refractivity contribution in [2.75, 3.05) is 19.8 Å². The number of fused-ring (bicyclic) bond motifs is 2. The Kier molecular flexibility index (Phi) is 4.08. The number of carboxylic acids is 1. The maximum Gasteiger partial charge on any atom is 0.303 e. The van der Waals surface area contributed by atoms with Crippen LogP contribution in [0.5, 0.6) is 0 Å². The van der Waals surface area contributed by atoms with Crippen LogP contribution in [0.25, 0.3) is 0 Å². The van der Waals surface area contributed by atoms with Gasteiger partial charge in [0.2, 0.25) is 0 Å². The van der Waals surface area contributed by atoms with Gasteiger partial charge in [-0.1, -0.05) is 0 Å². The first kappa shape index (κ1) is 13.4. The van der Waals surface area contributed by atoms with Crippen molar-refractivity contribution in [1.82, 2.24) is 4.90 Å². The molecule has 0 aromatic rings. The molecule has 4 nitrogen and oxygen atoms in total. The lowest BCUT2D eigenvalue weighted by Crippen LogP contribution is -2.46.